The fraction of sp³-hybridized carbons (Fsp3) is 0.167. The van der Waals surface area contributed by atoms with E-state index in [1.54, 1.807) is 0 Å². The van der Waals surface area contributed by atoms with E-state index in [0.29, 0.717) is 5.52 Å². The molecule has 2 aromatic heterocycles. The summed E-state index contributed by atoms with van der Waals surface area (Å²) in [6.45, 7) is 0. The summed E-state index contributed by atoms with van der Waals surface area (Å²) in [5.41, 5.74) is 4.41. The number of nitrogens with one attached hydrogen (secondary N) is 1. The normalized spacial score (nSPS) is 14.9. The van der Waals surface area contributed by atoms with Gasteiger partial charge in [0.2, 0.25) is 0 Å². The third kappa shape index (κ3) is 2.50. The first kappa shape index (κ1) is 13.7. The predicted molar refractivity (Wildman–Crippen MR) is 92.1 cm³/mol. The van der Waals surface area contributed by atoms with Gasteiger partial charge in [-0.15, -0.1) is 0 Å². The molecule has 1 aromatic carbocycles. The molecule has 0 aliphatic heterocycles. The largest absolute Gasteiger partial charge is 0.328 e. The number of H-pyrrole nitrogens is 1. The Bertz CT molecular complexity index is 1050. The number of aryl methyl sites for hydroxylation is 1. The summed E-state index contributed by atoms with van der Waals surface area (Å²) in [7, 11) is 1.99. The number of benzene rings is 1. The number of rotatable bonds is 2. The Morgan fingerprint density at radius 2 is 2.17 bits per heavy atom. The highest BCUT2D eigenvalue weighted by Crippen LogP contribution is 2.21. The second kappa shape index (κ2) is 5.35. The van der Waals surface area contributed by atoms with Crippen LogP contribution in [-0.4, -0.2) is 19.5 Å². The van der Waals surface area contributed by atoms with Crippen molar-refractivity contribution in [2.45, 2.75) is 12.8 Å². The zero-order valence-electron chi connectivity index (χ0n) is 12.8. The molecule has 0 spiro atoms. The molecule has 1 N–H and O–H groups in total. The van der Waals surface area contributed by atoms with Crippen molar-refractivity contribution in [2.24, 2.45) is 7.05 Å². The minimum Gasteiger partial charge on any atom is -0.328 e. The molecule has 0 unspecified atom stereocenters. The molecule has 0 atom stereocenters. The van der Waals surface area contributed by atoms with Crippen LogP contribution in [0.25, 0.3) is 28.1 Å². The van der Waals surface area contributed by atoms with Crippen LogP contribution >= 0.6 is 0 Å². The Labute approximate surface area is 132 Å². The number of aromatic amines is 1. The van der Waals surface area contributed by atoms with Gasteiger partial charge in [0.15, 0.2) is 0 Å². The minimum atomic E-state index is -0.204. The first-order valence-electron chi connectivity index (χ1n) is 7.60. The van der Waals surface area contributed by atoms with E-state index in [4.69, 9.17) is 0 Å². The third-order valence-electron chi connectivity index (χ3n) is 4.10. The molecule has 5 nitrogen and oxygen atoms in total. The maximum Gasteiger partial charge on any atom is 0.266 e. The zero-order chi connectivity index (χ0) is 15.8. The molecule has 1 aliphatic carbocycles. The number of hydrogen-bond donors (Lipinski definition) is 1. The van der Waals surface area contributed by atoms with Gasteiger partial charge in [0, 0.05) is 7.05 Å². The van der Waals surface area contributed by atoms with Crippen molar-refractivity contribution >= 4 is 28.1 Å². The molecule has 0 fully saturated rings. The second-order valence-electron chi connectivity index (χ2n) is 5.68. The molecule has 3 aromatic rings. The lowest BCUT2D eigenvalue weighted by Gasteiger charge is -2.03. The Balaban J connectivity index is 1.81. The van der Waals surface area contributed by atoms with Gasteiger partial charge in [-0.2, -0.15) is 0 Å². The van der Waals surface area contributed by atoms with Crippen molar-refractivity contribution in [3.63, 3.8) is 0 Å². The predicted octanol–water partition coefficient (Wildman–Crippen LogP) is 3.10. The van der Waals surface area contributed by atoms with Gasteiger partial charge in [-0.3, -0.25) is 4.79 Å². The van der Waals surface area contributed by atoms with E-state index in [0.717, 1.165) is 35.2 Å². The molecular formula is C18H16N4O. The molecule has 5 heteroatoms. The van der Waals surface area contributed by atoms with Crippen LogP contribution in [0.5, 0.6) is 0 Å². The van der Waals surface area contributed by atoms with Gasteiger partial charge in [0.05, 0.1) is 28.3 Å². The fourth-order valence-electron chi connectivity index (χ4n) is 2.84. The maximum absolute atomic E-state index is 11.4. The summed E-state index contributed by atoms with van der Waals surface area (Å²) in [5, 5.41) is 0. The topological polar surface area (TPSA) is 63.6 Å². The molecule has 114 valence electrons. The molecule has 1 aliphatic rings. The highest BCUT2D eigenvalue weighted by molar-refractivity contribution is 5.91. The molecule has 0 saturated heterocycles. The Kier molecular flexibility index (Phi) is 3.19. The number of allylic oxidation sites excluding steroid dienone is 5. The quantitative estimate of drug-likeness (QED) is 0.791. The average molecular weight is 304 g/mol. The number of fused-ring (bicyclic) bond motifs is 2. The minimum absolute atomic E-state index is 0.204. The van der Waals surface area contributed by atoms with Crippen LogP contribution in [0.3, 0.4) is 0 Å². The van der Waals surface area contributed by atoms with E-state index in [-0.39, 0.29) is 5.56 Å². The first-order valence-corrected chi connectivity index (χ1v) is 7.60. The first-order chi connectivity index (χ1) is 11.2. The SMILES string of the molecule is Cn1c(/C=C/C2=CC=CCC2)nc2cc3[nH]c(=O)cnc3cc21. The van der Waals surface area contributed by atoms with Gasteiger partial charge in [-0.25, -0.2) is 9.97 Å². The zero-order valence-corrected chi connectivity index (χ0v) is 12.8. The third-order valence-corrected chi connectivity index (χ3v) is 4.10. The van der Waals surface area contributed by atoms with E-state index in [2.05, 4.69) is 39.3 Å². The summed E-state index contributed by atoms with van der Waals surface area (Å²) >= 11 is 0. The average Bonchev–Trinajstić information content (AvgIpc) is 2.87. The molecule has 23 heavy (non-hydrogen) atoms. The second-order valence-corrected chi connectivity index (χ2v) is 5.68. The molecule has 2 heterocycles. The fourth-order valence-corrected chi connectivity index (χ4v) is 2.84. The lowest BCUT2D eigenvalue weighted by atomic mass is 10.1. The lowest BCUT2D eigenvalue weighted by Crippen LogP contribution is -2.04. The van der Waals surface area contributed by atoms with Crippen LogP contribution in [0.2, 0.25) is 0 Å². The van der Waals surface area contributed by atoms with Crippen LogP contribution in [0.1, 0.15) is 18.7 Å². The van der Waals surface area contributed by atoms with Crippen molar-refractivity contribution in [3.8, 4) is 0 Å². The monoisotopic (exact) mass is 304 g/mol. The van der Waals surface area contributed by atoms with Crippen molar-refractivity contribution < 1.29 is 0 Å². The van der Waals surface area contributed by atoms with Crippen molar-refractivity contribution in [3.05, 3.63) is 64.4 Å². The molecule has 0 saturated carbocycles. The van der Waals surface area contributed by atoms with Crippen LogP contribution < -0.4 is 5.56 Å². The molecule has 4 rings (SSSR count). The van der Waals surface area contributed by atoms with E-state index in [1.165, 1.54) is 11.8 Å². The van der Waals surface area contributed by atoms with Gasteiger partial charge < -0.3 is 9.55 Å². The van der Waals surface area contributed by atoms with E-state index >= 15 is 0 Å². The summed E-state index contributed by atoms with van der Waals surface area (Å²) < 4.78 is 2.04. The van der Waals surface area contributed by atoms with Gasteiger partial charge in [-0.1, -0.05) is 24.3 Å². The standard InChI is InChI=1S/C18H16N4O/c1-22-16-10-13-14(21-18(23)11-19-13)9-15(16)20-17(22)8-7-12-5-3-2-4-6-12/h2-3,5,7-11H,4,6H2,1H3,(H,21,23)/b8-7+. The summed E-state index contributed by atoms with van der Waals surface area (Å²) in [4.78, 5) is 23.0. The Morgan fingerprint density at radius 3 is 3.00 bits per heavy atom. The van der Waals surface area contributed by atoms with Crippen molar-refractivity contribution in [2.75, 3.05) is 0 Å². The number of nitrogens with zero attached hydrogens (tertiary/aromatic N) is 3. The van der Waals surface area contributed by atoms with Crippen LogP contribution in [0.15, 0.2) is 53.0 Å². The smallest absolute Gasteiger partial charge is 0.266 e. The van der Waals surface area contributed by atoms with Crippen LogP contribution in [-0.2, 0) is 7.05 Å². The summed E-state index contributed by atoms with van der Waals surface area (Å²) in [6.07, 6.45) is 14.0. The Hall–Kier alpha value is -2.95. The van der Waals surface area contributed by atoms with Gasteiger partial charge in [-0.05, 0) is 36.6 Å². The molecule has 0 bridgehead atoms. The number of hydrogen-bond acceptors (Lipinski definition) is 3. The molecule has 0 amide bonds. The van der Waals surface area contributed by atoms with Gasteiger partial charge >= 0.3 is 0 Å². The van der Waals surface area contributed by atoms with E-state index < -0.39 is 0 Å². The van der Waals surface area contributed by atoms with Gasteiger partial charge in [0.1, 0.15) is 5.82 Å². The number of imidazole rings is 1. The summed E-state index contributed by atoms with van der Waals surface area (Å²) in [6, 6.07) is 3.83. The van der Waals surface area contributed by atoms with E-state index in [9.17, 15) is 4.79 Å². The highest BCUT2D eigenvalue weighted by Gasteiger charge is 2.08. The van der Waals surface area contributed by atoms with Crippen molar-refractivity contribution in [1.29, 1.82) is 0 Å². The highest BCUT2D eigenvalue weighted by atomic mass is 16.1. The lowest BCUT2D eigenvalue weighted by molar-refractivity contribution is 0.928. The van der Waals surface area contributed by atoms with Crippen LogP contribution in [0, 0.1) is 0 Å². The van der Waals surface area contributed by atoms with Gasteiger partial charge in [0.25, 0.3) is 5.56 Å². The van der Waals surface area contributed by atoms with E-state index in [1.807, 2.05) is 29.8 Å². The molecule has 0 radical (unpaired) electrons. The summed E-state index contributed by atoms with van der Waals surface area (Å²) in [5.74, 6) is 0.883. The maximum atomic E-state index is 11.4. The Morgan fingerprint density at radius 1 is 1.26 bits per heavy atom. The number of aromatic nitrogens is 4. The van der Waals surface area contributed by atoms with Crippen LogP contribution in [0.4, 0.5) is 0 Å². The molecular weight excluding hydrogens is 288 g/mol. The van der Waals surface area contributed by atoms with Crippen molar-refractivity contribution in [1.82, 2.24) is 19.5 Å².